The Balaban J connectivity index is 1.34. The fraction of sp³-hybridized carbons (Fsp3) is 0.429. The van der Waals surface area contributed by atoms with E-state index in [1.54, 1.807) is 18.5 Å². The molecule has 0 unspecified atom stereocenters. The molecule has 1 amide bonds. The second kappa shape index (κ2) is 7.13. The van der Waals surface area contributed by atoms with E-state index in [0.717, 1.165) is 31.3 Å². The Morgan fingerprint density at radius 1 is 1.27 bits per heavy atom. The molecule has 9 heteroatoms. The Morgan fingerprint density at radius 2 is 2.13 bits per heavy atom. The number of piperidine rings is 1. The largest absolute Gasteiger partial charge is 0.351 e. The maximum atomic E-state index is 13.6. The van der Waals surface area contributed by atoms with Gasteiger partial charge in [0.2, 0.25) is 5.91 Å². The summed E-state index contributed by atoms with van der Waals surface area (Å²) in [4.78, 5) is 27.8. The number of pyridine rings is 1. The topological polar surface area (TPSA) is 98.4 Å². The summed E-state index contributed by atoms with van der Waals surface area (Å²) in [6.07, 6.45) is 9.80. The van der Waals surface area contributed by atoms with Gasteiger partial charge >= 0.3 is 0 Å². The molecule has 0 bridgehead atoms. The molecule has 0 aromatic carbocycles. The van der Waals surface area contributed by atoms with Gasteiger partial charge in [0.25, 0.3) is 0 Å². The number of amides is 1. The van der Waals surface area contributed by atoms with Gasteiger partial charge in [-0.3, -0.25) is 9.78 Å². The van der Waals surface area contributed by atoms with Crippen LogP contribution in [0.15, 0.2) is 36.0 Å². The van der Waals surface area contributed by atoms with Gasteiger partial charge < -0.3 is 4.90 Å². The summed E-state index contributed by atoms with van der Waals surface area (Å²) >= 11 is 0. The quantitative estimate of drug-likeness (QED) is 0.778. The Kier molecular flexibility index (Phi) is 4.42. The molecule has 2 atom stereocenters. The molecule has 2 aromatic heterocycles. The van der Waals surface area contributed by atoms with Crippen LogP contribution in [-0.2, 0) is 4.79 Å². The molecule has 0 N–H and O–H groups in total. The lowest BCUT2D eigenvalue weighted by atomic mass is 9.87. The van der Waals surface area contributed by atoms with Crippen molar-refractivity contribution in [2.45, 2.75) is 43.7 Å². The van der Waals surface area contributed by atoms with Crippen LogP contribution in [-0.4, -0.2) is 44.2 Å². The van der Waals surface area contributed by atoms with E-state index in [9.17, 15) is 9.18 Å². The van der Waals surface area contributed by atoms with Crippen molar-refractivity contribution >= 4 is 17.9 Å². The van der Waals surface area contributed by atoms with Crippen LogP contribution < -0.4 is 4.90 Å². The standard InChI is InChI=1S/C21H20FN7O/c22-16-7-15(11-24-12-16)18-1-5-27-29(18)20(30)14-2-6-28(21(9-14)3-4-21)19-8-17(10-23)25-13-26-19/h5,7-8,11-14,18H,1-4,6,9H2/t14-,18-/m1/s1. The maximum absolute atomic E-state index is 13.6. The molecule has 1 saturated heterocycles. The highest BCUT2D eigenvalue weighted by Crippen LogP contribution is 2.52. The minimum Gasteiger partial charge on any atom is -0.351 e. The number of aromatic nitrogens is 3. The fourth-order valence-corrected chi connectivity index (χ4v) is 4.64. The number of carbonyl (C=O) groups excluding carboxylic acids is 1. The van der Waals surface area contributed by atoms with Gasteiger partial charge in [0.05, 0.1) is 12.2 Å². The lowest BCUT2D eigenvalue weighted by molar-refractivity contribution is -0.138. The van der Waals surface area contributed by atoms with Crippen molar-refractivity contribution in [1.82, 2.24) is 20.0 Å². The molecule has 30 heavy (non-hydrogen) atoms. The Labute approximate surface area is 173 Å². The minimum atomic E-state index is -0.418. The number of hydrogen-bond donors (Lipinski definition) is 0. The fourth-order valence-electron chi connectivity index (χ4n) is 4.64. The molecule has 2 aliphatic heterocycles. The minimum absolute atomic E-state index is 0.0238. The number of hydrogen-bond acceptors (Lipinski definition) is 7. The van der Waals surface area contributed by atoms with Gasteiger partial charge in [-0.15, -0.1) is 0 Å². The monoisotopic (exact) mass is 405 g/mol. The van der Waals surface area contributed by atoms with Crippen LogP contribution in [0.25, 0.3) is 0 Å². The zero-order valence-electron chi connectivity index (χ0n) is 16.3. The van der Waals surface area contributed by atoms with Gasteiger partial charge in [-0.1, -0.05) is 0 Å². The van der Waals surface area contributed by atoms with E-state index in [1.807, 2.05) is 0 Å². The van der Waals surface area contributed by atoms with E-state index in [-0.39, 0.29) is 23.4 Å². The molecule has 4 heterocycles. The first-order valence-electron chi connectivity index (χ1n) is 10.1. The predicted molar refractivity (Wildman–Crippen MR) is 106 cm³/mol. The first-order valence-corrected chi connectivity index (χ1v) is 10.1. The summed E-state index contributed by atoms with van der Waals surface area (Å²) < 4.78 is 13.6. The van der Waals surface area contributed by atoms with Gasteiger partial charge in [0, 0.05) is 42.9 Å². The van der Waals surface area contributed by atoms with Crippen LogP contribution in [0.4, 0.5) is 10.2 Å². The molecule has 0 radical (unpaired) electrons. The van der Waals surface area contributed by atoms with E-state index in [4.69, 9.17) is 5.26 Å². The van der Waals surface area contributed by atoms with E-state index in [0.29, 0.717) is 30.6 Å². The van der Waals surface area contributed by atoms with Gasteiger partial charge in [-0.05, 0) is 37.3 Å². The maximum Gasteiger partial charge on any atom is 0.246 e. The Bertz CT molecular complexity index is 1060. The average Bonchev–Trinajstić information content (AvgIpc) is 3.34. The zero-order valence-corrected chi connectivity index (χ0v) is 16.3. The van der Waals surface area contributed by atoms with Crippen LogP contribution in [0.3, 0.4) is 0 Å². The molecule has 3 aliphatic rings. The molecule has 5 rings (SSSR count). The Morgan fingerprint density at radius 3 is 2.90 bits per heavy atom. The molecule has 2 fully saturated rings. The molecule has 1 aliphatic carbocycles. The Hall–Kier alpha value is -3.41. The average molecular weight is 405 g/mol. The highest BCUT2D eigenvalue weighted by molar-refractivity contribution is 5.82. The van der Waals surface area contributed by atoms with E-state index >= 15 is 0 Å². The van der Waals surface area contributed by atoms with Crippen molar-refractivity contribution in [1.29, 1.82) is 5.26 Å². The lowest BCUT2D eigenvalue weighted by Gasteiger charge is -2.41. The van der Waals surface area contributed by atoms with Crippen LogP contribution in [0.1, 0.15) is 49.4 Å². The van der Waals surface area contributed by atoms with E-state index in [2.05, 4.69) is 31.0 Å². The molecule has 2 aromatic rings. The van der Waals surface area contributed by atoms with Crippen molar-refractivity contribution in [3.8, 4) is 6.07 Å². The van der Waals surface area contributed by atoms with Crippen LogP contribution in [0, 0.1) is 23.1 Å². The molecular weight excluding hydrogens is 385 g/mol. The summed E-state index contributed by atoms with van der Waals surface area (Å²) in [5.74, 6) is 0.149. The number of hydrazone groups is 1. The van der Waals surface area contributed by atoms with Gasteiger partial charge in [0.1, 0.15) is 29.7 Å². The third-order valence-electron chi connectivity index (χ3n) is 6.29. The van der Waals surface area contributed by atoms with Crippen molar-refractivity contribution < 1.29 is 9.18 Å². The second-order valence-electron chi connectivity index (χ2n) is 8.11. The highest BCUT2D eigenvalue weighted by Gasteiger charge is 2.54. The smallest absolute Gasteiger partial charge is 0.246 e. The number of halogens is 1. The summed E-state index contributed by atoms with van der Waals surface area (Å²) in [6.45, 7) is 0.683. The number of nitrogens with zero attached hydrogens (tertiary/aromatic N) is 7. The number of carbonyl (C=O) groups is 1. The van der Waals surface area contributed by atoms with Gasteiger partial charge in [0.15, 0.2) is 0 Å². The van der Waals surface area contributed by atoms with Crippen molar-refractivity contribution in [2.24, 2.45) is 11.0 Å². The number of nitriles is 1. The summed E-state index contributed by atoms with van der Waals surface area (Å²) in [7, 11) is 0. The van der Waals surface area contributed by atoms with E-state index < -0.39 is 5.82 Å². The van der Waals surface area contributed by atoms with Gasteiger partial charge in [-0.2, -0.15) is 10.4 Å². The molecular formula is C21H20FN7O. The second-order valence-corrected chi connectivity index (χ2v) is 8.11. The van der Waals surface area contributed by atoms with Gasteiger partial charge in [-0.25, -0.2) is 19.4 Å². The third kappa shape index (κ3) is 3.18. The summed E-state index contributed by atoms with van der Waals surface area (Å²) in [5, 5.41) is 14.9. The molecule has 1 saturated carbocycles. The molecule has 8 nitrogen and oxygen atoms in total. The van der Waals surface area contributed by atoms with Crippen molar-refractivity contribution in [3.05, 3.63) is 47.9 Å². The van der Waals surface area contributed by atoms with Crippen molar-refractivity contribution in [2.75, 3.05) is 11.4 Å². The van der Waals surface area contributed by atoms with E-state index in [1.165, 1.54) is 17.4 Å². The first-order chi connectivity index (χ1) is 14.6. The SMILES string of the molecule is N#Cc1cc(N2CC[C@@H](C(=O)N3N=CC[C@@H]3c3cncc(F)c3)CC23CC3)ncn1. The normalized spacial score (nSPS) is 24.1. The predicted octanol–water partition coefficient (Wildman–Crippen LogP) is 2.59. The molecule has 152 valence electrons. The van der Waals surface area contributed by atoms with Crippen LogP contribution in [0.5, 0.6) is 0 Å². The highest BCUT2D eigenvalue weighted by atomic mass is 19.1. The van der Waals surface area contributed by atoms with Crippen LogP contribution in [0.2, 0.25) is 0 Å². The number of rotatable bonds is 3. The van der Waals surface area contributed by atoms with Crippen molar-refractivity contribution in [3.63, 3.8) is 0 Å². The lowest BCUT2D eigenvalue weighted by Crippen LogP contribution is -2.48. The summed E-state index contributed by atoms with van der Waals surface area (Å²) in [5.41, 5.74) is 0.898. The third-order valence-corrected chi connectivity index (χ3v) is 6.29. The first kappa shape index (κ1) is 18.6. The zero-order chi connectivity index (χ0) is 20.7. The van der Waals surface area contributed by atoms with Crippen LogP contribution >= 0.6 is 0 Å². The number of anilines is 1. The molecule has 1 spiro atoms. The summed E-state index contributed by atoms with van der Waals surface area (Å²) in [6, 6.07) is 4.87.